The van der Waals surface area contributed by atoms with Crippen LogP contribution in [0.2, 0.25) is 0 Å². The molecule has 0 amide bonds. The van der Waals surface area contributed by atoms with Crippen molar-refractivity contribution in [3.05, 3.63) is 71.3 Å². The Morgan fingerprint density at radius 1 is 1.00 bits per heavy atom. The maximum Gasteiger partial charge on any atom is 0.150 e. The number of fused-ring (bicyclic) bond motifs is 5. The minimum atomic E-state index is -0.334. The Balaban J connectivity index is 1.74. The molecule has 0 radical (unpaired) electrons. The molecule has 0 aromatic heterocycles. The second-order valence-corrected chi connectivity index (χ2v) is 9.87. The molecule has 2 heterocycles. The fourth-order valence-corrected chi connectivity index (χ4v) is 5.39. The third-order valence-corrected chi connectivity index (χ3v) is 6.76. The molecule has 2 aliphatic rings. The molecule has 0 fully saturated rings. The van der Waals surface area contributed by atoms with Crippen LogP contribution in [0.15, 0.2) is 54.6 Å². The summed E-state index contributed by atoms with van der Waals surface area (Å²) in [4.78, 5) is 0. The van der Waals surface area contributed by atoms with Gasteiger partial charge >= 0.3 is 0 Å². The van der Waals surface area contributed by atoms with Crippen LogP contribution in [0, 0.1) is 0 Å². The van der Waals surface area contributed by atoms with Crippen molar-refractivity contribution >= 4 is 16.9 Å². The highest BCUT2D eigenvalue weighted by Gasteiger charge is 2.36. The number of allylic oxidation sites excluding steroid dienone is 1. The van der Waals surface area contributed by atoms with Crippen molar-refractivity contribution in [3.8, 4) is 28.4 Å². The van der Waals surface area contributed by atoms with Crippen LogP contribution in [0.25, 0.3) is 16.7 Å². The van der Waals surface area contributed by atoms with Gasteiger partial charge in [-0.2, -0.15) is 0 Å². The smallest absolute Gasteiger partial charge is 0.150 e. The first-order valence-corrected chi connectivity index (χ1v) is 12.3. The van der Waals surface area contributed by atoms with Crippen molar-refractivity contribution in [1.82, 2.24) is 0 Å². The molecule has 3 aromatic rings. The van der Waals surface area contributed by atoms with Crippen LogP contribution in [-0.2, 0) is 4.74 Å². The van der Waals surface area contributed by atoms with E-state index >= 15 is 0 Å². The first kappa shape index (κ1) is 24.1. The Bertz CT molecular complexity index is 1330. The fraction of sp³-hybridized carbons (Fsp3) is 0.333. The second kappa shape index (κ2) is 9.43. The molecule has 3 aromatic carbocycles. The Morgan fingerprint density at radius 2 is 1.83 bits per heavy atom. The summed E-state index contributed by atoms with van der Waals surface area (Å²) in [6, 6.07) is 16.5. The minimum absolute atomic E-state index is 0.139. The number of benzene rings is 3. The van der Waals surface area contributed by atoms with Gasteiger partial charge in [-0.1, -0.05) is 18.2 Å². The van der Waals surface area contributed by atoms with Gasteiger partial charge in [0.1, 0.15) is 17.2 Å². The lowest BCUT2D eigenvalue weighted by Gasteiger charge is -2.37. The van der Waals surface area contributed by atoms with E-state index in [1.54, 1.807) is 21.3 Å². The monoisotopic (exact) mass is 486 g/mol. The lowest BCUT2D eigenvalue weighted by atomic mass is 9.80. The van der Waals surface area contributed by atoms with Crippen molar-refractivity contribution in [1.29, 1.82) is 0 Å². The Kier molecular flexibility index (Phi) is 6.31. The van der Waals surface area contributed by atoms with E-state index in [0.29, 0.717) is 13.2 Å². The molecule has 0 spiro atoms. The molecular weight excluding hydrogens is 452 g/mol. The molecule has 0 saturated carbocycles. The maximum atomic E-state index is 6.79. The summed E-state index contributed by atoms with van der Waals surface area (Å²) in [7, 11) is 5.09. The number of hydrogen-bond donors (Lipinski definition) is 2. The molecule has 6 nitrogen and oxygen atoms in total. The van der Waals surface area contributed by atoms with E-state index < -0.39 is 0 Å². The van der Waals surface area contributed by atoms with Crippen molar-refractivity contribution in [2.24, 2.45) is 0 Å². The van der Waals surface area contributed by atoms with Crippen LogP contribution >= 0.6 is 0 Å². The summed E-state index contributed by atoms with van der Waals surface area (Å²) in [5, 5.41) is 7.13. The summed E-state index contributed by atoms with van der Waals surface area (Å²) < 4.78 is 23.5. The van der Waals surface area contributed by atoms with E-state index in [0.717, 1.165) is 50.9 Å². The summed E-state index contributed by atoms with van der Waals surface area (Å²) in [5.74, 6) is 2.37. The van der Waals surface area contributed by atoms with Gasteiger partial charge in [0.15, 0.2) is 6.10 Å². The Labute approximate surface area is 213 Å². The molecule has 0 bridgehead atoms. The zero-order chi connectivity index (χ0) is 25.4. The quantitative estimate of drug-likeness (QED) is 0.371. The van der Waals surface area contributed by atoms with Gasteiger partial charge in [0.2, 0.25) is 0 Å². The molecule has 2 aliphatic heterocycles. The van der Waals surface area contributed by atoms with Crippen LogP contribution in [0.5, 0.6) is 17.2 Å². The van der Waals surface area contributed by atoms with E-state index in [-0.39, 0.29) is 11.6 Å². The van der Waals surface area contributed by atoms with E-state index in [4.69, 9.17) is 18.9 Å². The molecule has 1 unspecified atom stereocenters. The molecule has 188 valence electrons. The third kappa shape index (κ3) is 4.26. The van der Waals surface area contributed by atoms with Gasteiger partial charge in [-0.3, -0.25) is 0 Å². The Hall–Kier alpha value is -3.64. The van der Waals surface area contributed by atoms with Crippen molar-refractivity contribution in [2.75, 3.05) is 45.1 Å². The van der Waals surface area contributed by atoms with Crippen molar-refractivity contribution in [2.45, 2.75) is 32.4 Å². The second-order valence-electron chi connectivity index (χ2n) is 9.87. The maximum absolute atomic E-state index is 6.79. The van der Waals surface area contributed by atoms with E-state index in [9.17, 15) is 0 Å². The van der Waals surface area contributed by atoms with Gasteiger partial charge in [-0.15, -0.1) is 0 Å². The number of methoxy groups -OCH3 is 3. The highest BCUT2D eigenvalue weighted by Crippen LogP contribution is 2.53. The zero-order valence-electron chi connectivity index (χ0n) is 21.8. The van der Waals surface area contributed by atoms with Crippen LogP contribution in [0.4, 0.5) is 11.4 Å². The molecule has 1 atom stereocenters. The van der Waals surface area contributed by atoms with Crippen LogP contribution in [0.3, 0.4) is 0 Å². The van der Waals surface area contributed by atoms with Gasteiger partial charge in [0.25, 0.3) is 0 Å². The van der Waals surface area contributed by atoms with Gasteiger partial charge in [0, 0.05) is 47.8 Å². The van der Waals surface area contributed by atoms with Crippen molar-refractivity contribution in [3.63, 3.8) is 0 Å². The number of ether oxygens (including phenoxy) is 4. The summed E-state index contributed by atoms with van der Waals surface area (Å²) in [5.41, 5.74) is 8.54. The number of anilines is 2. The van der Waals surface area contributed by atoms with Crippen LogP contribution < -0.4 is 24.8 Å². The summed E-state index contributed by atoms with van der Waals surface area (Å²) in [6.07, 6.45) is 1.95. The molecular formula is C30H34N2O4. The van der Waals surface area contributed by atoms with Gasteiger partial charge < -0.3 is 29.6 Å². The average molecular weight is 487 g/mol. The molecule has 0 saturated heterocycles. The lowest BCUT2D eigenvalue weighted by Crippen LogP contribution is -2.32. The largest absolute Gasteiger partial charge is 0.497 e. The zero-order valence-corrected chi connectivity index (χ0v) is 21.8. The highest BCUT2D eigenvalue weighted by molar-refractivity contribution is 5.92. The van der Waals surface area contributed by atoms with Gasteiger partial charge in [0.05, 0.1) is 31.9 Å². The number of hydrogen-bond acceptors (Lipinski definition) is 6. The predicted molar refractivity (Wildman–Crippen MR) is 146 cm³/mol. The average Bonchev–Trinajstić information content (AvgIpc) is 2.86. The molecule has 2 N–H and O–H groups in total. The standard InChI is InChI=1S/C30H34N2O4/c1-18-17-30(2,3)32-23-11-10-22-27-24(35-6)8-7-9-25(27)36-29(28(22)26(18)23)19-14-20(31-12-13-33-4)16-21(15-19)34-5/h7-11,14-17,29,31-32H,12-13H2,1-6H3. The topological polar surface area (TPSA) is 61.0 Å². The first-order chi connectivity index (χ1) is 17.3. The third-order valence-electron chi connectivity index (χ3n) is 6.76. The normalized spacial score (nSPS) is 16.9. The van der Waals surface area contributed by atoms with Gasteiger partial charge in [-0.25, -0.2) is 0 Å². The molecule has 0 aliphatic carbocycles. The van der Waals surface area contributed by atoms with E-state index in [2.05, 4.69) is 61.7 Å². The van der Waals surface area contributed by atoms with Crippen LogP contribution in [-0.4, -0.2) is 40.0 Å². The molecule has 36 heavy (non-hydrogen) atoms. The van der Waals surface area contributed by atoms with Crippen LogP contribution in [0.1, 0.15) is 43.6 Å². The fourth-order valence-electron chi connectivity index (χ4n) is 5.39. The molecule has 5 rings (SSSR count). The summed E-state index contributed by atoms with van der Waals surface area (Å²) >= 11 is 0. The van der Waals surface area contributed by atoms with E-state index in [1.807, 2.05) is 24.3 Å². The first-order valence-electron chi connectivity index (χ1n) is 12.3. The Morgan fingerprint density at radius 3 is 2.58 bits per heavy atom. The minimum Gasteiger partial charge on any atom is -0.497 e. The highest BCUT2D eigenvalue weighted by atomic mass is 16.5. The number of rotatable bonds is 7. The number of nitrogens with one attached hydrogen (secondary N) is 2. The molecule has 6 heteroatoms. The predicted octanol–water partition coefficient (Wildman–Crippen LogP) is 6.52. The van der Waals surface area contributed by atoms with E-state index in [1.165, 1.54) is 11.1 Å². The van der Waals surface area contributed by atoms with Gasteiger partial charge in [-0.05, 0) is 62.2 Å². The SMILES string of the molecule is COCCNc1cc(OC)cc(C2Oc3cccc(OC)c3-c3ccc4c(c32)C(C)=CC(C)(C)N4)c1. The lowest BCUT2D eigenvalue weighted by molar-refractivity contribution is 0.210. The van der Waals surface area contributed by atoms with Crippen molar-refractivity contribution < 1.29 is 18.9 Å². The summed E-state index contributed by atoms with van der Waals surface area (Å²) in [6.45, 7) is 7.86.